The summed E-state index contributed by atoms with van der Waals surface area (Å²) >= 11 is 13.1. The van der Waals surface area contributed by atoms with Gasteiger partial charge in [-0.15, -0.1) is 10.2 Å². The standard InChI is InChI=1S/C14H17Cl2N5OS/c1-7(2)12-19-20-14(21(12)17)23-8(3)13(22)18-11-5-9(15)4-10(16)6-11/h4-8H,17H2,1-3H3,(H,18,22)/t8-/m0/s1. The minimum absolute atomic E-state index is 0.152. The van der Waals surface area contributed by atoms with Gasteiger partial charge in [0.05, 0.1) is 5.25 Å². The van der Waals surface area contributed by atoms with Crippen molar-refractivity contribution in [2.24, 2.45) is 0 Å². The van der Waals surface area contributed by atoms with Gasteiger partial charge in [-0.3, -0.25) is 4.79 Å². The van der Waals surface area contributed by atoms with Crippen LogP contribution in [0.15, 0.2) is 23.4 Å². The zero-order valence-electron chi connectivity index (χ0n) is 12.9. The van der Waals surface area contributed by atoms with Gasteiger partial charge in [-0.1, -0.05) is 48.8 Å². The molecule has 0 fully saturated rings. The SMILES string of the molecule is CC(C)c1nnc(S[C@@H](C)C(=O)Nc2cc(Cl)cc(Cl)c2)n1N. The van der Waals surface area contributed by atoms with Crippen LogP contribution in [-0.4, -0.2) is 26.0 Å². The van der Waals surface area contributed by atoms with Crippen LogP contribution < -0.4 is 11.2 Å². The van der Waals surface area contributed by atoms with Crippen LogP contribution in [0.3, 0.4) is 0 Å². The molecule has 1 heterocycles. The van der Waals surface area contributed by atoms with Gasteiger partial charge in [0.15, 0.2) is 5.82 Å². The molecule has 1 atom stereocenters. The number of hydrogen-bond donors (Lipinski definition) is 2. The Balaban J connectivity index is 2.05. The van der Waals surface area contributed by atoms with Crippen LogP contribution in [0.5, 0.6) is 0 Å². The Kier molecular flexibility index (Phi) is 5.78. The van der Waals surface area contributed by atoms with Crippen molar-refractivity contribution in [3.63, 3.8) is 0 Å². The highest BCUT2D eigenvalue weighted by Gasteiger charge is 2.20. The van der Waals surface area contributed by atoms with E-state index in [-0.39, 0.29) is 11.8 Å². The quantitative estimate of drug-likeness (QED) is 0.618. The zero-order chi connectivity index (χ0) is 17.1. The molecular weight excluding hydrogens is 357 g/mol. The Hall–Kier alpha value is -1.44. The van der Waals surface area contributed by atoms with Gasteiger partial charge in [0.1, 0.15) is 0 Å². The highest BCUT2D eigenvalue weighted by atomic mass is 35.5. The average Bonchev–Trinajstić information content (AvgIpc) is 2.79. The van der Waals surface area contributed by atoms with E-state index in [9.17, 15) is 4.79 Å². The molecule has 1 aromatic heterocycles. The first-order chi connectivity index (χ1) is 10.8. The number of carbonyl (C=O) groups excluding carboxylic acids is 1. The number of hydrogen-bond acceptors (Lipinski definition) is 5. The number of halogens is 2. The van der Waals surface area contributed by atoms with E-state index in [0.29, 0.717) is 26.7 Å². The molecule has 0 aliphatic heterocycles. The average molecular weight is 374 g/mol. The topological polar surface area (TPSA) is 85.8 Å². The van der Waals surface area contributed by atoms with E-state index in [4.69, 9.17) is 29.0 Å². The molecule has 0 unspecified atom stereocenters. The van der Waals surface area contributed by atoms with E-state index in [1.807, 2.05) is 13.8 Å². The number of nitrogens with two attached hydrogens (primary N) is 1. The first-order valence-corrected chi connectivity index (χ1v) is 8.55. The molecule has 6 nitrogen and oxygen atoms in total. The first-order valence-electron chi connectivity index (χ1n) is 6.92. The number of carbonyl (C=O) groups is 1. The number of nitrogen functional groups attached to an aromatic ring is 1. The molecule has 0 radical (unpaired) electrons. The van der Waals surface area contributed by atoms with Crippen LogP contribution in [-0.2, 0) is 4.79 Å². The van der Waals surface area contributed by atoms with Crippen LogP contribution in [0.2, 0.25) is 10.0 Å². The van der Waals surface area contributed by atoms with Crippen molar-refractivity contribution in [3.05, 3.63) is 34.1 Å². The number of anilines is 1. The van der Waals surface area contributed by atoms with Gasteiger partial charge in [-0.25, -0.2) is 4.68 Å². The smallest absolute Gasteiger partial charge is 0.237 e. The van der Waals surface area contributed by atoms with E-state index in [2.05, 4.69) is 15.5 Å². The van der Waals surface area contributed by atoms with Gasteiger partial charge in [-0.2, -0.15) is 0 Å². The van der Waals surface area contributed by atoms with E-state index in [0.717, 1.165) is 0 Å². The van der Waals surface area contributed by atoms with Crippen LogP contribution in [0.4, 0.5) is 5.69 Å². The van der Waals surface area contributed by atoms with Gasteiger partial charge < -0.3 is 11.2 Å². The summed E-state index contributed by atoms with van der Waals surface area (Å²) in [5.41, 5.74) is 0.539. The summed E-state index contributed by atoms with van der Waals surface area (Å²) < 4.78 is 1.41. The number of nitrogens with zero attached hydrogens (tertiary/aromatic N) is 3. The Morgan fingerprint density at radius 2 is 1.83 bits per heavy atom. The minimum Gasteiger partial charge on any atom is -0.336 e. The van der Waals surface area contributed by atoms with Gasteiger partial charge in [0.2, 0.25) is 11.1 Å². The Bertz CT molecular complexity index is 699. The predicted molar refractivity (Wildman–Crippen MR) is 94.7 cm³/mol. The summed E-state index contributed by atoms with van der Waals surface area (Å²) in [6, 6.07) is 4.86. The lowest BCUT2D eigenvalue weighted by Gasteiger charge is -2.12. The lowest BCUT2D eigenvalue weighted by atomic mass is 10.2. The summed E-state index contributed by atoms with van der Waals surface area (Å²) in [5.74, 6) is 6.56. The molecule has 1 amide bonds. The lowest BCUT2D eigenvalue weighted by Crippen LogP contribution is -2.24. The Labute approximate surface area is 148 Å². The van der Waals surface area contributed by atoms with Crippen molar-refractivity contribution in [2.75, 3.05) is 11.2 Å². The van der Waals surface area contributed by atoms with Gasteiger partial charge >= 0.3 is 0 Å². The molecule has 0 saturated heterocycles. The molecule has 2 aromatic rings. The molecule has 1 aromatic carbocycles. The highest BCUT2D eigenvalue weighted by Crippen LogP contribution is 2.26. The molecule has 3 N–H and O–H groups in total. The third kappa shape index (κ3) is 4.53. The molecule has 2 rings (SSSR count). The second-order valence-electron chi connectivity index (χ2n) is 5.27. The number of amides is 1. The molecule has 0 aliphatic carbocycles. The van der Waals surface area contributed by atoms with Crippen molar-refractivity contribution in [1.82, 2.24) is 14.9 Å². The van der Waals surface area contributed by atoms with Gasteiger partial charge in [-0.05, 0) is 25.1 Å². The third-order valence-corrected chi connectivity index (χ3v) is 4.48. The van der Waals surface area contributed by atoms with Crippen molar-refractivity contribution < 1.29 is 4.79 Å². The Morgan fingerprint density at radius 1 is 1.22 bits per heavy atom. The third-order valence-electron chi connectivity index (χ3n) is 2.99. The number of thioether (sulfide) groups is 1. The van der Waals surface area contributed by atoms with Crippen LogP contribution in [0.25, 0.3) is 0 Å². The summed E-state index contributed by atoms with van der Waals surface area (Å²) in [6.45, 7) is 5.71. The van der Waals surface area contributed by atoms with Crippen LogP contribution in [0, 0.1) is 0 Å². The maximum Gasteiger partial charge on any atom is 0.237 e. The van der Waals surface area contributed by atoms with E-state index < -0.39 is 5.25 Å². The molecule has 124 valence electrons. The number of aromatic nitrogens is 3. The van der Waals surface area contributed by atoms with Crippen molar-refractivity contribution >= 4 is 46.6 Å². The van der Waals surface area contributed by atoms with E-state index in [1.54, 1.807) is 25.1 Å². The minimum atomic E-state index is -0.417. The van der Waals surface area contributed by atoms with Gasteiger partial charge in [0, 0.05) is 21.7 Å². The van der Waals surface area contributed by atoms with Crippen LogP contribution in [0.1, 0.15) is 32.5 Å². The summed E-state index contributed by atoms with van der Waals surface area (Å²) in [4.78, 5) is 12.3. The number of nitrogens with one attached hydrogen (secondary N) is 1. The molecule has 9 heteroatoms. The first kappa shape index (κ1) is 17.9. The lowest BCUT2D eigenvalue weighted by molar-refractivity contribution is -0.115. The molecule has 0 spiro atoms. The van der Waals surface area contributed by atoms with Crippen molar-refractivity contribution in [1.29, 1.82) is 0 Å². The van der Waals surface area contributed by atoms with Crippen molar-refractivity contribution in [3.8, 4) is 0 Å². The number of rotatable bonds is 5. The largest absolute Gasteiger partial charge is 0.336 e. The van der Waals surface area contributed by atoms with E-state index in [1.165, 1.54) is 16.4 Å². The molecule has 0 saturated carbocycles. The maximum atomic E-state index is 12.3. The highest BCUT2D eigenvalue weighted by molar-refractivity contribution is 8.00. The fourth-order valence-electron chi connectivity index (χ4n) is 1.84. The normalized spacial score (nSPS) is 12.4. The predicted octanol–water partition coefficient (Wildman–Crippen LogP) is 3.54. The van der Waals surface area contributed by atoms with Crippen LogP contribution >= 0.6 is 35.0 Å². The summed E-state index contributed by atoms with van der Waals surface area (Å²) in [7, 11) is 0. The van der Waals surface area contributed by atoms with Crippen molar-refractivity contribution in [2.45, 2.75) is 37.1 Å². The monoisotopic (exact) mass is 373 g/mol. The van der Waals surface area contributed by atoms with Gasteiger partial charge in [0.25, 0.3) is 0 Å². The fraction of sp³-hybridized carbons (Fsp3) is 0.357. The molecular formula is C14H17Cl2N5OS. The van der Waals surface area contributed by atoms with E-state index >= 15 is 0 Å². The fourth-order valence-corrected chi connectivity index (χ4v) is 3.15. The molecule has 23 heavy (non-hydrogen) atoms. The number of benzene rings is 1. The maximum absolute atomic E-state index is 12.3. The second-order valence-corrected chi connectivity index (χ2v) is 7.45. The molecule has 0 bridgehead atoms. The second kappa shape index (κ2) is 7.42. The Morgan fingerprint density at radius 3 is 2.35 bits per heavy atom. The summed E-state index contributed by atoms with van der Waals surface area (Å²) in [6.07, 6.45) is 0. The summed E-state index contributed by atoms with van der Waals surface area (Å²) in [5, 5.41) is 11.8. The zero-order valence-corrected chi connectivity index (χ0v) is 15.2. The molecule has 0 aliphatic rings.